The number of halogens is 1. The highest BCUT2D eigenvalue weighted by molar-refractivity contribution is 6.18. The zero-order valence-electron chi connectivity index (χ0n) is 9.32. The Labute approximate surface area is 101 Å². The number of nitrogens with zero attached hydrogens (tertiary/aromatic N) is 1. The zero-order valence-corrected chi connectivity index (χ0v) is 10.1. The van der Waals surface area contributed by atoms with Crippen molar-refractivity contribution in [3.8, 4) is 0 Å². The Balaban J connectivity index is 1.93. The maximum Gasteiger partial charge on any atom is 0.223 e. The van der Waals surface area contributed by atoms with Crippen molar-refractivity contribution in [3.63, 3.8) is 0 Å². The van der Waals surface area contributed by atoms with Crippen LogP contribution >= 0.6 is 11.6 Å². The Kier molecular flexibility index (Phi) is 3.72. The minimum atomic E-state index is -0.292. The molecular weight excluding hydrogens is 230 g/mol. The van der Waals surface area contributed by atoms with Crippen molar-refractivity contribution >= 4 is 17.5 Å². The first-order chi connectivity index (χ1) is 7.65. The molecule has 2 aliphatic rings. The van der Waals surface area contributed by atoms with Crippen LogP contribution in [0.2, 0.25) is 0 Å². The van der Waals surface area contributed by atoms with Gasteiger partial charge in [-0.15, -0.1) is 11.6 Å². The Hall–Kier alpha value is -0.320. The van der Waals surface area contributed by atoms with E-state index in [-0.39, 0.29) is 17.6 Å². The number of aliphatic hydroxyl groups excluding tert-OH is 1. The maximum absolute atomic E-state index is 11.7. The molecule has 0 unspecified atom stereocenters. The average molecular weight is 248 g/mol. The van der Waals surface area contributed by atoms with Crippen molar-refractivity contribution in [1.82, 2.24) is 4.90 Å². The molecule has 2 rings (SSSR count). The molecule has 0 bridgehead atoms. The Morgan fingerprint density at radius 1 is 1.62 bits per heavy atom. The lowest BCUT2D eigenvalue weighted by Gasteiger charge is -2.36. The highest BCUT2D eigenvalue weighted by atomic mass is 35.5. The number of amides is 1. The number of rotatable bonds is 2. The predicted octanol–water partition coefficient (Wildman–Crippen LogP) is 0.758. The van der Waals surface area contributed by atoms with Gasteiger partial charge in [0.05, 0.1) is 11.7 Å². The van der Waals surface area contributed by atoms with Crippen LogP contribution in [0.15, 0.2) is 0 Å². The van der Waals surface area contributed by atoms with E-state index in [9.17, 15) is 9.90 Å². The van der Waals surface area contributed by atoms with Crippen LogP contribution in [0, 0.1) is 0 Å². The number of carbonyl (C=O) groups excluding carboxylic acids is 1. The summed E-state index contributed by atoms with van der Waals surface area (Å²) in [5.74, 6) is 0.460. The summed E-state index contributed by atoms with van der Waals surface area (Å²) in [6.45, 7) is 1.93. The number of alkyl halides is 1. The van der Waals surface area contributed by atoms with Gasteiger partial charge in [0.15, 0.2) is 0 Å². The molecule has 2 atom stereocenters. The summed E-state index contributed by atoms with van der Waals surface area (Å²) in [5, 5.41) is 9.66. The topological polar surface area (TPSA) is 49.8 Å². The fraction of sp³-hybridized carbons (Fsp3) is 0.909. The number of aliphatic hydroxyl groups is 1. The molecule has 0 aromatic heterocycles. The van der Waals surface area contributed by atoms with Crippen LogP contribution in [0.4, 0.5) is 0 Å². The molecule has 1 N–H and O–H groups in total. The second-order valence-corrected chi connectivity index (χ2v) is 5.06. The van der Waals surface area contributed by atoms with E-state index in [2.05, 4.69) is 0 Å². The summed E-state index contributed by atoms with van der Waals surface area (Å²) in [4.78, 5) is 13.5. The predicted molar refractivity (Wildman–Crippen MR) is 60.5 cm³/mol. The Bertz CT molecular complexity index is 274. The van der Waals surface area contributed by atoms with Crippen LogP contribution in [0.5, 0.6) is 0 Å². The number of ether oxygens (including phenoxy) is 1. The summed E-state index contributed by atoms with van der Waals surface area (Å²) in [6, 6.07) is 0. The van der Waals surface area contributed by atoms with E-state index in [1.807, 2.05) is 0 Å². The summed E-state index contributed by atoms with van der Waals surface area (Å²) in [7, 11) is 0. The first-order valence-electron chi connectivity index (χ1n) is 5.81. The molecule has 0 aromatic rings. The maximum atomic E-state index is 11.7. The highest BCUT2D eigenvalue weighted by Gasteiger charge is 2.43. The second-order valence-electron chi connectivity index (χ2n) is 4.68. The van der Waals surface area contributed by atoms with Gasteiger partial charge in [0.1, 0.15) is 0 Å². The Morgan fingerprint density at radius 3 is 3.12 bits per heavy atom. The molecular formula is C11H18ClNO3. The molecule has 0 aliphatic carbocycles. The lowest BCUT2D eigenvalue weighted by atomic mass is 9.91. The molecule has 16 heavy (non-hydrogen) atoms. The number of hydrogen-bond donors (Lipinski definition) is 1. The molecule has 1 spiro atoms. The summed E-state index contributed by atoms with van der Waals surface area (Å²) < 4.78 is 5.77. The van der Waals surface area contributed by atoms with E-state index in [1.54, 1.807) is 4.90 Å². The van der Waals surface area contributed by atoms with Gasteiger partial charge in [-0.1, -0.05) is 0 Å². The lowest BCUT2D eigenvalue weighted by Crippen LogP contribution is -2.44. The van der Waals surface area contributed by atoms with E-state index in [0.29, 0.717) is 38.3 Å². The molecule has 0 saturated carbocycles. The van der Waals surface area contributed by atoms with Gasteiger partial charge in [-0.2, -0.15) is 0 Å². The van der Waals surface area contributed by atoms with Crippen LogP contribution in [0.1, 0.15) is 25.7 Å². The third kappa shape index (κ3) is 2.50. The second kappa shape index (κ2) is 4.90. The number of hydrogen-bond acceptors (Lipinski definition) is 3. The van der Waals surface area contributed by atoms with E-state index in [0.717, 1.165) is 13.0 Å². The smallest absolute Gasteiger partial charge is 0.223 e. The summed E-state index contributed by atoms with van der Waals surface area (Å²) in [6.07, 6.45) is 2.30. The van der Waals surface area contributed by atoms with Gasteiger partial charge in [-0.05, 0) is 12.8 Å². The van der Waals surface area contributed by atoms with Crippen molar-refractivity contribution in [2.75, 3.05) is 25.6 Å². The fourth-order valence-electron chi connectivity index (χ4n) is 2.58. The average Bonchev–Trinajstić information content (AvgIpc) is 2.62. The van der Waals surface area contributed by atoms with E-state index < -0.39 is 0 Å². The standard InChI is InChI=1S/C11H18ClNO3/c12-4-1-10(15)13-5-3-11(8-13)7-9(14)2-6-16-11/h9,14H,1-8H2/t9-,11-/m1/s1. The first-order valence-corrected chi connectivity index (χ1v) is 6.34. The van der Waals surface area contributed by atoms with Crippen LogP contribution in [0.3, 0.4) is 0 Å². The van der Waals surface area contributed by atoms with E-state index in [1.165, 1.54) is 0 Å². The van der Waals surface area contributed by atoms with Crippen molar-refractivity contribution in [1.29, 1.82) is 0 Å². The molecule has 5 heteroatoms. The molecule has 0 radical (unpaired) electrons. The Morgan fingerprint density at radius 2 is 2.44 bits per heavy atom. The minimum absolute atomic E-state index is 0.0931. The molecule has 4 nitrogen and oxygen atoms in total. The van der Waals surface area contributed by atoms with Crippen molar-refractivity contribution in [3.05, 3.63) is 0 Å². The molecule has 2 heterocycles. The van der Waals surface area contributed by atoms with Crippen LogP contribution in [-0.2, 0) is 9.53 Å². The highest BCUT2D eigenvalue weighted by Crippen LogP contribution is 2.34. The normalized spacial score (nSPS) is 34.6. The van der Waals surface area contributed by atoms with Crippen molar-refractivity contribution < 1.29 is 14.6 Å². The van der Waals surface area contributed by atoms with Crippen molar-refractivity contribution in [2.45, 2.75) is 37.4 Å². The summed E-state index contributed by atoms with van der Waals surface area (Å²) in [5.41, 5.74) is -0.292. The summed E-state index contributed by atoms with van der Waals surface area (Å²) >= 11 is 5.56. The van der Waals surface area contributed by atoms with Gasteiger partial charge >= 0.3 is 0 Å². The third-order valence-corrected chi connectivity index (χ3v) is 3.63. The van der Waals surface area contributed by atoms with Gasteiger partial charge in [0.25, 0.3) is 0 Å². The minimum Gasteiger partial charge on any atom is -0.393 e. The molecule has 92 valence electrons. The third-order valence-electron chi connectivity index (χ3n) is 3.44. The molecule has 2 fully saturated rings. The van der Waals surface area contributed by atoms with Gasteiger partial charge in [0.2, 0.25) is 5.91 Å². The molecule has 2 saturated heterocycles. The van der Waals surface area contributed by atoms with E-state index >= 15 is 0 Å². The van der Waals surface area contributed by atoms with Crippen LogP contribution < -0.4 is 0 Å². The quantitative estimate of drug-likeness (QED) is 0.733. The monoisotopic (exact) mass is 247 g/mol. The van der Waals surface area contributed by atoms with Gasteiger partial charge < -0.3 is 14.7 Å². The van der Waals surface area contributed by atoms with Crippen molar-refractivity contribution in [2.24, 2.45) is 0 Å². The number of likely N-dealkylation sites (tertiary alicyclic amines) is 1. The molecule has 2 aliphatic heterocycles. The number of carbonyl (C=O) groups is 1. The lowest BCUT2D eigenvalue weighted by molar-refractivity contribution is -0.135. The van der Waals surface area contributed by atoms with Gasteiger partial charge in [0, 0.05) is 38.4 Å². The van der Waals surface area contributed by atoms with E-state index in [4.69, 9.17) is 16.3 Å². The fourth-order valence-corrected chi connectivity index (χ4v) is 2.74. The van der Waals surface area contributed by atoms with Gasteiger partial charge in [-0.25, -0.2) is 0 Å². The largest absolute Gasteiger partial charge is 0.393 e. The molecule has 1 amide bonds. The molecule has 0 aromatic carbocycles. The van der Waals surface area contributed by atoms with Crippen LogP contribution in [-0.4, -0.2) is 53.2 Å². The first kappa shape index (κ1) is 12.1. The SMILES string of the molecule is O=C(CCCl)N1CC[C@@]2(C[C@H](O)CCO2)C1. The zero-order chi connectivity index (χ0) is 11.6. The van der Waals surface area contributed by atoms with Crippen LogP contribution in [0.25, 0.3) is 0 Å². The van der Waals surface area contributed by atoms with Gasteiger partial charge in [-0.3, -0.25) is 4.79 Å².